The zero-order valence-corrected chi connectivity index (χ0v) is 21.8. The van der Waals surface area contributed by atoms with Crippen LogP contribution in [0.5, 0.6) is 0 Å². The number of sulfonamides is 1. The number of nitrogens with zero attached hydrogens (tertiary/aromatic N) is 3. The maximum atomic E-state index is 13.4. The molecule has 0 bridgehead atoms. The van der Waals surface area contributed by atoms with Crippen molar-refractivity contribution in [3.05, 3.63) is 87.2 Å². The Morgan fingerprint density at radius 1 is 1.09 bits per heavy atom. The van der Waals surface area contributed by atoms with Crippen molar-refractivity contribution in [2.24, 2.45) is 4.99 Å². The maximum Gasteiger partial charge on any atom is 0.279 e. The Hall–Kier alpha value is -2.94. The predicted octanol–water partition coefficient (Wildman–Crippen LogP) is 5.57. The zero-order valence-electron chi connectivity index (χ0n) is 19.4. The highest BCUT2D eigenvalue weighted by atomic mass is 35.5. The van der Waals surface area contributed by atoms with Crippen molar-refractivity contribution >= 4 is 54.8 Å². The van der Waals surface area contributed by atoms with E-state index in [1.807, 2.05) is 54.8 Å². The number of aryl methyl sites for hydroxylation is 3. The van der Waals surface area contributed by atoms with Gasteiger partial charge in [0.2, 0.25) is 0 Å². The third kappa shape index (κ3) is 4.20. The Labute approximate surface area is 213 Å². The molecule has 1 aliphatic heterocycles. The summed E-state index contributed by atoms with van der Waals surface area (Å²) in [4.78, 5) is 18.1. The predicted molar refractivity (Wildman–Crippen MR) is 141 cm³/mol. The fourth-order valence-electron chi connectivity index (χ4n) is 4.49. The van der Waals surface area contributed by atoms with Gasteiger partial charge in [0.1, 0.15) is 0 Å². The first-order valence-corrected chi connectivity index (χ1v) is 14.0. The number of hydrogen-bond acceptors (Lipinski definition) is 4. The first kappa shape index (κ1) is 23.8. The quantitative estimate of drug-likeness (QED) is 0.350. The highest BCUT2D eigenvalue weighted by Gasteiger charge is 2.29. The van der Waals surface area contributed by atoms with Crippen molar-refractivity contribution in [3.63, 3.8) is 0 Å². The Bertz CT molecular complexity index is 1620. The van der Waals surface area contributed by atoms with Crippen LogP contribution in [-0.4, -0.2) is 25.4 Å². The van der Waals surface area contributed by atoms with E-state index in [4.69, 9.17) is 11.6 Å². The smallest absolute Gasteiger partial charge is 0.279 e. The van der Waals surface area contributed by atoms with Gasteiger partial charge >= 0.3 is 0 Å². The Kier molecular flexibility index (Phi) is 6.29. The van der Waals surface area contributed by atoms with Gasteiger partial charge in [0, 0.05) is 23.7 Å². The lowest BCUT2D eigenvalue weighted by Gasteiger charge is -2.30. The number of thiazole rings is 1. The van der Waals surface area contributed by atoms with Crippen molar-refractivity contribution in [2.75, 3.05) is 10.8 Å². The highest BCUT2D eigenvalue weighted by Crippen LogP contribution is 2.32. The van der Waals surface area contributed by atoms with E-state index < -0.39 is 15.9 Å². The molecule has 35 heavy (non-hydrogen) atoms. The van der Waals surface area contributed by atoms with Crippen molar-refractivity contribution < 1.29 is 13.2 Å². The number of carbonyl (C=O) groups is 1. The van der Waals surface area contributed by atoms with Gasteiger partial charge in [0.15, 0.2) is 4.80 Å². The number of halogens is 1. The molecule has 4 aromatic rings. The highest BCUT2D eigenvalue weighted by molar-refractivity contribution is 7.92. The number of para-hydroxylation sites is 1. The summed E-state index contributed by atoms with van der Waals surface area (Å²) in [5.74, 6) is -0.422. The largest absolute Gasteiger partial charge is 0.316 e. The van der Waals surface area contributed by atoms with Crippen molar-refractivity contribution in [1.82, 2.24) is 4.57 Å². The van der Waals surface area contributed by atoms with Crippen LogP contribution < -0.4 is 9.11 Å². The van der Waals surface area contributed by atoms with Gasteiger partial charge in [-0.15, -0.1) is 0 Å². The molecule has 1 aliphatic rings. The maximum absolute atomic E-state index is 13.4. The molecule has 0 fully saturated rings. The molecule has 6 nitrogen and oxygen atoms in total. The fraction of sp³-hybridized carbons (Fsp3) is 0.231. The molecule has 0 saturated heterocycles. The topological polar surface area (TPSA) is 71.7 Å². The number of anilines is 1. The number of benzene rings is 3. The second-order valence-electron chi connectivity index (χ2n) is 8.40. The van der Waals surface area contributed by atoms with Gasteiger partial charge in [-0.1, -0.05) is 41.1 Å². The normalized spacial score (nSPS) is 14.4. The van der Waals surface area contributed by atoms with E-state index >= 15 is 0 Å². The molecule has 2 heterocycles. The minimum atomic E-state index is -3.74. The van der Waals surface area contributed by atoms with Gasteiger partial charge in [0.25, 0.3) is 15.9 Å². The summed E-state index contributed by atoms with van der Waals surface area (Å²) in [5, 5.41) is 0.670. The van der Waals surface area contributed by atoms with E-state index in [2.05, 4.69) is 4.99 Å². The van der Waals surface area contributed by atoms with Gasteiger partial charge in [-0.3, -0.25) is 9.10 Å². The Morgan fingerprint density at radius 2 is 1.83 bits per heavy atom. The molecule has 0 radical (unpaired) electrons. The molecule has 3 aromatic carbocycles. The van der Waals surface area contributed by atoms with Crippen LogP contribution in [0.2, 0.25) is 5.02 Å². The average molecular weight is 526 g/mol. The minimum Gasteiger partial charge on any atom is -0.316 e. The van der Waals surface area contributed by atoms with Crippen LogP contribution in [0.15, 0.2) is 70.6 Å². The lowest BCUT2D eigenvalue weighted by Crippen LogP contribution is -2.35. The summed E-state index contributed by atoms with van der Waals surface area (Å²) < 4.78 is 31.2. The molecule has 0 spiro atoms. The van der Waals surface area contributed by atoms with E-state index in [1.54, 1.807) is 0 Å². The molecule has 9 heteroatoms. The van der Waals surface area contributed by atoms with Crippen LogP contribution in [0.4, 0.5) is 5.69 Å². The number of carbonyl (C=O) groups excluding carboxylic acids is 1. The van der Waals surface area contributed by atoms with Crippen LogP contribution >= 0.6 is 22.9 Å². The monoisotopic (exact) mass is 525 g/mol. The van der Waals surface area contributed by atoms with Crippen LogP contribution in [0, 0.1) is 6.92 Å². The lowest BCUT2D eigenvalue weighted by molar-refractivity contribution is 0.0997. The molecule has 0 N–H and O–H groups in total. The van der Waals surface area contributed by atoms with Crippen molar-refractivity contribution in [2.45, 2.75) is 38.1 Å². The van der Waals surface area contributed by atoms with Crippen molar-refractivity contribution in [3.8, 4) is 0 Å². The molecule has 5 rings (SSSR count). The summed E-state index contributed by atoms with van der Waals surface area (Å²) >= 11 is 7.73. The van der Waals surface area contributed by atoms with Crippen molar-refractivity contribution in [1.29, 1.82) is 0 Å². The molecular formula is C26H24ClN3O3S2. The van der Waals surface area contributed by atoms with Gasteiger partial charge < -0.3 is 4.57 Å². The molecule has 0 saturated carbocycles. The SMILES string of the molecule is CCn1c(=NC(=O)c2ccc(S(=O)(=O)N3CCCc4ccccc43)cc2)sc2ccc(Cl)c(C)c21. The fourth-order valence-corrected chi connectivity index (χ4v) is 7.34. The van der Waals surface area contributed by atoms with E-state index in [0.29, 0.717) is 28.5 Å². The number of rotatable bonds is 4. The molecule has 180 valence electrons. The number of hydrogen-bond donors (Lipinski definition) is 0. The summed E-state index contributed by atoms with van der Waals surface area (Å²) in [5.41, 5.74) is 4.00. The second kappa shape index (κ2) is 9.26. The number of aromatic nitrogens is 1. The lowest BCUT2D eigenvalue weighted by atomic mass is 10.0. The Morgan fingerprint density at radius 3 is 2.57 bits per heavy atom. The molecular weight excluding hydrogens is 502 g/mol. The van der Waals surface area contributed by atoms with E-state index in [-0.39, 0.29) is 4.90 Å². The summed E-state index contributed by atoms with van der Waals surface area (Å²) in [6.45, 7) is 5.02. The first-order chi connectivity index (χ1) is 16.8. The molecule has 1 aromatic heterocycles. The van der Waals surface area contributed by atoms with Gasteiger partial charge in [-0.2, -0.15) is 4.99 Å². The number of fused-ring (bicyclic) bond motifs is 2. The van der Waals surface area contributed by atoms with E-state index in [0.717, 1.165) is 39.9 Å². The van der Waals surface area contributed by atoms with Crippen LogP contribution in [-0.2, 0) is 23.0 Å². The Balaban J connectivity index is 1.48. The minimum absolute atomic E-state index is 0.154. The molecule has 0 aliphatic carbocycles. The third-order valence-electron chi connectivity index (χ3n) is 6.30. The second-order valence-corrected chi connectivity index (χ2v) is 11.7. The zero-order chi connectivity index (χ0) is 24.7. The molecule has 0 unspecified atom stereocenters. The number of amides is 1. The average Bonchev–Trinajstić information content (AvgIpc) is 3.23. The molecule has 0 atom stereocenters. The summed E-state index contributed by atoms with van der Waals surface area (Å²) in [6.07, 6.45) is 1.63. The van der Waals surface area contributed by atoms with Crippen LogP contribution in [0.25, 0.3) is 10.2 Å². The first-order valence-electron chi connectivity index (χ1n) is 11.4. The van der Waals surface area contributed by atoms with E-state index in [9.17, 15) is 13.2 Å². The molecule has 1 amide bonds. The standard InChI is InChI=1S/C26H24ClN3O3S2/c1-3-29-24-17(2)21(27)14-15-23(24)34-26(29)28-25(31)19-10-12-20(13-11-19)35(32,33)30-16-6-8-18-7-4-5-9-22(18)30/h4-5,7,9-15H,3,6,8,16H2,1-2H3. The third-order valence-corrected chi connectivity index (χ3v) is 9.58. The summed E-state index contributed by atoms with van der Waals surface area (Å²) in [6, 6.07) is 17.4. The van der Waals surface area contributed by atoms with Gasteiger partial charge in [-0.25, -0.2) is 8.42 Å². The van der Waals surface area contributed by atoms with Gasteiger partial charge in [0.05, 0.1) is 20.8 Å². The van der Waals surface area contributed by atoms with Crippen LogP contribution in [0.3, 0.4) is 0 Å². The van der Waals surface area contributed by atoms with Gasteiger partial charge in [-0.05, 0) is 80.3 Å². The van der Waals surface area contributed by atoms with E-state index in [1.165, 1.54) is 39.9 Å². The van der Waals surface area contributed by atoms with Crippen LogP contribution in [0.1, 0.15) is 34.8 Å². The summed E-state index contributed by atoms with van der Waals surface area (Å²) in [7, 11) is -3.74.